The van der Waals surface area contributed by atoms with E-state index in [9.17, 15) is 27.2 Å². The number of alkyl halides is 3. The number of rotatable bonds is 5. The van der Waals surface area contributed by atoms with E-state index in [-0.39, 0.29) is 24.7 Å². The summed E-state index contributed by atoms with van der Waals surface area (Å²) in [4.78, 5) is 29.5. The van der Waals surface area contributed by atoms with Gasteiger partial charge >= 0.3 is 12.4 Å². The van der Waals surface area contributed by atoms with Crippen LogP contribution in [0.1, 0.15) is 11.6 Å². The molecule has 0 radical (unpaired) electrons. The molecule has 0 spiro atoms. The van der Waals surface area contributed by atoms with Crippen molar-refractivity contribution in [2.45, 2.75) is 12.4 Å². The highest BCUT2D eigenvalue weighted by molar-refractivity contribution is 6.08. The number of halogens is 4. The molecule has 2 aromatic rings. The van der Waals surface area contributed by atoms with Crippen LogP contribution < -0.4 is 20.3 Å². The van der Waals surface area contributed by atoms with Gasteiger partial charge in [-0.2, -0.15) is 0 Å². The van der Waals surface area contributed by atoms with E-state index in [1.807, 2.05) is 0 Å². The Morgan fingerprint density at radius 1 is 1.33 bits per heavy atom. The number of benzene rings is 1. The maximum atomic E-state index is 13.4. The molecule has 1 aromatic carbocycles. The number of amides is 3. The van der Waals surface area contributed by atoms with Gasteiger partial charge in [-0.1, -0.05) is 12.1 Å². The smallest absolute Gasteiger partial charge is 0.406 e. The minimum absolute atomic E-state index is 0.00501. The van der Waals surface area contributed by atoms with Crippen LogP contribution in [0, 0.1) is 5.82 Å². The minimum Gasteiger partial charge on any atom is -0.406 e. The molecule has 0 fully saturated rings. The number of hydrogen-bond acceptors (Lipinski definition) is 5. The Morgan fingerprint density at radius 2 is 2.03 bits per heavy atom. The fraction of sp³-hybridized carbons (Fsp3) is 0.278. The van der Waals surface area contributed by atoms with Crippen LogP contribution in [0.3, 0.4) is 0 Å². The Labute approximate surface area is 167 Å². The van der Waals surface area contributed by atoms with Crippen molar-refractivity contribution in [1.82, 2.24) is 10.3 Å². The van der Waals surface area contributed by atoms with Gasteiger partial charge in [0, 0.05) is 13.2 Å². The highest BCUT2D eigenvalue weighted by atomic mass is 19.4. The van der Waals surface area contributed by atoms with E-state index in [4.69, 9.17) is 4.74 Å². The maximum Gasteiger partial charge on any atom is 0.573 e. The Balaban J connectivity index is 1.78. The predicted octanol–water partition coefficient (Wildman–Crippen LogP) is 2.98. The molecule has 0 aliphatic carbocycles. The van der Waals surface area contributed by atoms with Crippen molar-refractivity contribution in [2.75, 3.05) is 30.5 Å². The van der Waals surface area contributed by atoms with Crippen LogP contribution in [0.4, 0.5) is 33.9 Å². The third kappa shape index (κ3) is 5.14. The van der Waals surface area contributed by atoms with Crippen LogP contribution in [-0.4, -0.2) is 43.5 Å². The van der Waals surface area contributed by atoms with Gasteiger partial charge in [-0.3, -0.25) is 9.69 Å². The number of hydrogen-bond donors (Lipinski definition) is 2. The molecular formula is C18H16F4N4O4. The number of carbonyl (C=O) groups is 2. The number of nitrogens with zero attached hydrogens (tertiary/aromatic N) is 2. The van der Waals surface area contributed by atoms with Crippen molar-refractivity contribution in [1.29, 1.82) is 0 Å². The number of ether oxygens (including phenoxy) is 2. The molecule has 12 heteroatoms. The largest absolute Gasteiger partial charge is 0.573 e. The van der Waals surface area contributed by atoms with E-state index < -0.39 is 35.9 Å². The fourth-order valence-electron chi connectivity index (χ4n) is 2.83. The van der Waals surface area contributed by atoms with E-state index in [1.165, 1.54) is 19.2 Å². The van der Waals surface area contributed by atoms with Crippen LogP contribution in [0.15, 0.2) is 36.5 Å². The summed E-state index contributed by atoms with van der Waals surface area (Å²) in [5, 5.41) is 5.06. The molecule has 0 saturated carbocycles. The van der Waals surface area contributed by atoms with Gasteiger partial charge in [0.1, 0.15) is 18.1 Å². The molecule has 1 unspecified atom stereocenters. The van der Waals surface area contributed by atoms with E-state index in [1.54, 1.807) is 0 Å². The number of aromatic nitrogens is 1. The van der Waals surface area contributed by atoms with E-state index in [0.717, 1.165) is 29.3 Å². The molecule has 30 heavy (non-hydrogen) atoms. The summed E-state index contributed by atoms with van der Waals surface area (Å²) < 4.78 is 59.2. The van der Waals surface area contributed by atoms with Crippen molar-refractivity contribution in [3.05, 3.63) is 47.9 Å². The lowest BCUT2D eigenvalue weighted by Gasteiger charge is -2.30. The molecule has 2 heterocycles. The van der Waals surface area contributed by atoms with Gasteiger partial charge in [-0.15, -0.1) is 13.2 Å². The summed E-state index contributed by atoms with van der Waals surface area (Å²) in [5.74, 6) is -1.59. The molecule has 2 N–H and O–H groups in total. The molecule has 160 valence electrons. The Morgan fingerprint density at radius 3 is 2.67 bits per heavy atom. The van der Waals surface area contributed by atoms with Gasteiger partial charge in [-0.25, -0.2) is 14.2 Å². The van der Waals surface area contributed by atoms with E-state index in [2.05, 4.69) is 20.4 Å². The quantitative estimate of drug-likeness (QED) is 0.715. The summed E-state index contributed by atoms with van der Waals surface area (Å²) in [5.41, 5.74) is 0.479. The van der Waals surface area contributed by atoms with Gasteiger partial charge in [0.25, 0.3) is 0 Å². The number of methoxy groups -OCH3 is 1. The molecule has 0 saturated heterocycles. The molecule has 1 aromatic heterocycles. The number of pyridine rings is 1. The summed E-state index contributed by atoms with van der Waals surface area (Å²) in [6.07, 6.45) is -3.92. The highest BCUT2D eigenvalue weighted by Crippen LogP contribution is 2.28. The van der Waals surface area contributed by atoms with Crippen molar-refractivity contribution >= 4 is 23.4 Å². The van der Waals surface area contributed by atoms with Crippen molar-refractivity contribution in [3.8, 4) is 5.75 Å². The van der Waals surface area contributed by atoms with Crippen LogP contribution >= 0.6 is 0 Å². The first-order valence-corrected chi connectivity index (χ1v) is 8.54. The topological polar surface area (TPSA) is 92.8 Å². The average molecular weight is 428 g/mol. The summed E-state index contributed by atoms with van der Waals surface area (Å²) >= 11 is 0. The zero-order valence-electron chi connectivity index (χ0n) is 15.5. The summed E-state index contributed by atoms with van der Waals surface area (Å²) in [6.45, 7) is -0.357. The lowest BCUT2D eigenvalue weighted by Crippen LogP contribution is -2.49. The Hall–Kier alpha value is -3.41. The van der Waals surface area contributed by atoms with Crippen LogP contribution in [0.5, 0.6) is 5.75 Å². The van der Waals surface area contributed by atoms with Crippen molar-refractivity contribution < 1.29 is 36.6 Å². The number of urea groups is 1. The first-order valence-electron chi connectivity index (χ1n) is 8.54. The number of nitrogens with one attached hydrogen (secondary N) is 2. The predicted molar refractivity (Wildman–Crippen MR) is 96.4 cm³/mol. The number of anilines is 2. The first kappa shape index (κ1) is 21.3. The summed E-state index contributed by atoms with van der Waals surface area (Å²) in [7, 11) is 1.38. The summed E-state index contributed by atoms with van der Waals surface area (Å²) in [6, 6.07) is 4.45. The van der Waals surface area contributed by atoms with Crippen LogP contribution in [-0.2, 0) is 9.53 Å². The van der Waals surface area contributed by atoms with Gasteiger partial charge < -0.3 is 20.1 Å². The molecule has 8 nitrogen and oxygen atoms in total. The molecule has 3 rings (SSSR count). The lowest BCUT2D eigenvalue weighted by molar-refractivity contribution is -0.274. The molecule has 1 aliphatic heterocycles. The van der Waals surface area contributed by atoms with E-state index in [0.29, 0.717) is 5.56 Å². The van der Waals surface area contributed by atoms with Crippen LogP contribution in [0.2, 0.25) is 0 Å². The van der Waals surface area contributed by atoms with Crippen LogP contribution in [0.25, 0.3) is 0 Å². The van der Waals surface area contributed by atoms with Crippen molar-refractivity contribution in [3.63, 3.8) is 0 Å². The van der Waals surface area contributed by atoms with E-state index >= 15 is 0 Å². The number of fused-ring (bicyclic) bond motifs is 1. The molecule has 0 bridgehead atoms. The van der Waals surface area contributed by atoms with Gasteiger partial charge in [0.15, 0.2) is 5.82 Å². The van der Waals surface area contributed by atoms with Gasteiger partial charge in [0.2, 0.25) is 5.91 Å². The lowest BCUT2D eigenvalue weighted by atomic mass is 10.1. The third-order valence-electron chi connectivity index (χ3n) is 4.06. The molecule has 1 aliphatic rings. The Bertz CT molecular complexity index is 937. The second-order valence-electron chi connectivity index (χ2n) is 6.23. The fourth-order valence-corrected chi connectivity index (χ4v) is 2.83. The first-order chi connectivity index (χ1) is 14.2. The average Bonchev–Trinajstić information content (AvgIpc) is 2.66. The second-order valence-corrected chi connectivity index (χ2v) is 6.23. The zero-order valence-corrected chi connectivity index (χ0v) is 15.5. The van der Waals surface area contributed by atoms with Gasteiger partial charge in [-0.05, 0) is 17.7 Å². The standard InChI is InChI=1S/C18H16F4N4O4/c1-29-9-14(10-2-4-12(5-3-10)30-18(20,21)22)25-17(28)26-8-15(27)24-13-6-11(19)7-23-16(13)26/h2-7,14H,8-9H2,1H3,(H,24,27)(H,25,28). The maximum absolute atomic E-state index is 13.4. The molecule has 3 amide bonds. The zero-order chi connectivity index (χ0) is 21.9. The Kier molecular flexibility index (Phi) is 6.06. The second kappa shape index (κ2) is 8.53. The minimum atomic E-state index is -4.82. The molecule has 1 atom stereocenters. The highest BCUT2D eigenvalue weighted by Gasteiger charge is 2.32. The van der Waals surface area contributed by atoms with Gasteiger partial charge in [0.05, 0.1) is 24.5 Å². The van der Waals surface area contributed by atoms with Crippen molar-refractivity contribution in [2.24, 2.45) is 0 Å². The number of carbonyl (C=O) groups excluding carboxylic acids is 2. The third-order valence-corrected chi connectivity index (χ3v) is 4.06. The monoisotopic (exact) mass is 428 g/mol. The molecular weight excluding hydrogens is 412 g/mol. The SMILES string of the molecule is COCC(NC(=O)N1CC(=O)Nc2cc(F)cnc21)c1ccc(OC(F)(F)F)cc1. The normalized spacial score (nSPS) is 14.6.